The standard InChI is InChI=1S/C16H13N3O2/c1-20-15-13(8-5-9-18-15)14-16(19-11-10-17-14)21-12-6-3-2-4-7-12/h2-11H,1H3. The minimum atomic E-state index is 0.412. The highest BCUT2D eigenvalue weighted by Gasteiger charge is 2.15. The van der Waals surface area contributed by atoms with Crippen LogP contribution in [0.5, 0.6) is 17.5 Å². The van der Waals surface area contributed by atoms with Crippen LogP contribution in [0.15, 0.2) is 61.1 Å². The zero-order valence-corrected chi connectivity index (χ0v) is 11.4. The summed E-state index contributed by atoms with van der Waals surface area (Å²) < 4.78 is 11.1. The van der Waals surface area contributed by atoms with Gasteiger partial charge >= 0.3 is 0 Å². The Morgan fingerprint density at radius 3 is 2.33 bits per heavy atom. The van der Waals surface area contributed by atoms with Gasteiger partial charge in [0, 0.05) is 18.6 Å². The van der Waals surface area contributed by atoms with E-state index in [4.69, 9.17) is 9.47 Å². The van der Waals surface area contributed by atoms with E-state index >= 15 is 0 Å². The molecule has 0 radical (unpaired) electrons. The van der Waals surface area contributed by atoms with Crippen LogP contribution in [0.1, 0.15) is 0 Å². The number of ether oxygens (including phenoxy) is 2. The first-order chi connectivity index (χ1) is 10.4. The Kier molecular flexibility index (Phi) is 3.73. The lowest BCUT2D eigenvalue weighted by atomic mass is 10.2. The monoisotopic (exact) mass is 279 g/mol. The third-order valence-electron chi connectivity index (χ3n) is 2.84. The number of hydrogen-bond acceptors (Lipinski definition) is 5. The fourth-order valence-electron chi connectivity index (χ4n) is 1.92. The van der Waals surface area contributed by atoms with Gasteiger partial charge in [-0.15, -0.1) is 0 Å². The van der Waals surface area contributed by atoms with Crippen molar-refractivity contribution in [2.24, 2.45) is 0 Å². The molecule has 0 atom stereocenters. The Morgan fingerprint density at radius 1 is 0.762 bits per heavy atom. The van der Waals surface area contributed by atoms with Gasteiger partial charge < -0.3 is 9.47 Å². The van der Waals surface area contributed by atoms with Crippen molar-refractivity contribution in [3.05, 3.63) is 61.1 Å². The summed E-state index contributed by atoms with van der Waals surface area (Å²) >= 11 is 0. The predicted octanol–water partition coefficient (Wildman–Crippen LogP) is 3.34. The molecule has 3 aromatic rings. The van der Waals surface area contributed by atoms with E-state index in [1.165, 1.54) is 0 Å². The average molecular weight is 279 g/mol. The van der Waals surface area contributed by atoms with E-state index in [9.17, 15) is 0 Å². The largest absolute Gasteiger partial charge is 0.481 e. The molecule has 0 unspecified atom stereocenters. The van der Waals surface area contributed by atoms with E-state index in [1.807, 2.05) is 42.5 Å². The summed E-state index contributed by atoms with van der Waals surface area (Å²) in [6, 6.07) is 13.1. The number of hydrogen-bond donors (Lipinski definition) is 0. The van der Waals surface area contributed by atoms with Gasteiger partial charge in [0.05, 0.1) is 12.7 Å². The number of benzene rings is 1. The number of aromatic nitrogens is 3. The summed E-state index contributed by atoms with van der Waals surface area (Å²) in [7, 11) is 1.57. The molecule has 3 rings (SSSR count). The third kappa shape index (κ3) is 2.81. The van der Waals surface area contributed by atoms with Crippen molar-refractivity contribution in [3.8, 4) is 28.8 Å². The molecule has 0 N–H and O–H groups in total. The molecule has 0 spiro atoms. The van der Waals surface area contributed by atoms with Gasteiger partial charge in [-0.1, -0.05) is 18.2 Å². The molecular formula is C16H13N3O2. The van der Waals surface area contributed by atoms with Crippen LogP contribution in [-0.2, 0) is 0 Å². The molecule has 0 saturated heterocycles. The molecule has 1 aromatic carbocycles. The Balaban J connectivity index is 2.04. The highest BCUT2D eigenvalue weighted by atomic mass is 16.5. The summed E-state index contributed by atoms with van der Waals surface area (Å²) in [5, 5.41) is 0. The van der Waals surface area contributed by atoms with Gasteiger partial charge in [-0.3, -0.25) is 0 Å². The van der Waals surface area contributed by atoms with Crippen LogP contribution in [0.3, 0.4) is 0 Å². The zero-order chi connectivity index (χ0) is 14.5. The third-order valence-corrected chi connectivity index (χ3v) is 2.84. The summed E-state index contributed by atoms with van der Waals surface area (Å²) in [4.78, 5) is 12.8. The van der Waals surface area contributed by atoms with Crippen LogP contribution in [0.2, 0.25) is 0 Å². The fourth-order valence-corrected chi connectivity index (χ4v) is 1.92. The molecule has 2 aromatic heterocycles. The SMILES string of the molecule is COc1ncccc1-c1nccnc1Oc1ccccc1. The molecule has 0 bridgehead atoms. The number of rotatable bonds is 4. The van der Waals surface area contributed by atoms with E-state index in [0.29, 0.717) is 23.2 Å². The Morgan fingerprint density at radius 2 is 1.52 bits per heavy atom. The number of pyridine rings is 1. The number of para-hydroxylation sites is 1. The van der Waals surface area contributed by atoms with Crippen molar-refractivity contribution in [2.75, 3.05) is 7.11 Å². The summed E-state index contributed by atoms with van der Waals surface area (Å²) in [5.74, 6) is 1.59. The second kappa shape index (κ2) is 6.00. The van der Waals surface area contributed by atoms with Crippen molar-refractivity contribution in [1.29, 1.82) is 0 Å². The molecule has 0 aliphatic carbocycles. The van der Waals surface area contributed by atoms with Gasteiger partial charge in [0.25, 0.3) is 0 Å². The second-order valence-corrected chi connectivity index (χ2v) is 4.19. The van der Waals surface area contributed by atoms with Gasteiger partial charge in [-0.25, -0.2) is 15.0 Å². The molecule has 5 nitrogen and oxygen atoms in total. The molecular weight excluding hydrogens is 266 g/mol. The van der Waals surface area contributed by atoms with Crippen LogP contribution in [0, 0.1) is 0 Å². The van der Waals surface area contributed by atoms with Gasteiger partial charge in [0.2, 0.25) is 11.8 Å². The maximum atomic E-state index is 5.81. The van der Waals surface area contributed by atoms with Crippen molar-refractivity contribution in [3.63, 3.8) is 0 Å². The molecule has 0 fully saturated rings. The molecule has 0 saturated carbocycles. The van der Waals surface area contributed by atoms with Gasteiger partial charge in [0.15, 0.2) is 0 Å². The average Bonchev–Trinajstić information content (AvgIpc) is 2.56. The van der Waals surface area contributed by atoms with E-state index < -0.39 is 0 Å². The summed E-state index contributed by atoms with van der Waals surface area (Å²) in [5.41, 5.74) is 1.32. The first-order valence-corrected chi connectivity index (χ1v) is 6.42. The Labute approximate surface area is 122 Å². The van der Waals surface area contributed by atoms with Crippen LogP contribution in [0.4, 0.5) is 0 Å². The number of methoxy groups -OCH3 is 1. The lowest BCUT2D eigenvalue weighted by Crippen LogP contribution is -1.97. The molecule has 0 aliphatic heterocycles. The quantitative estimate of drug-likeness (QED) is 0.733. The molecule has 0 aliphatic rings. The first-order valence-electron chi connectivity index (χ1n) is 6.42. The van der Waals surface area contributed by atoms with Crippen molar-refractivity contribution >= 4 is 0 Å². The molecule has 5 heteroatoms. The lowest BCUT2D eigenvalue weighted by Gasteiger charge is -2.10. The molecule has 104 valence electrons. The molecule has 21 heavy (non-hydrogen) atoms. The normalized spacial score (nSPS) is 10.1. The maximum Gasteiger partial charge on any atom is 0.246 e. The Hall–Kier alpha value is -2.95. The lowest BCUT2D eigenvalue weighted by molar-refractivity contribution is 0.398. The zero-order valence-electron chi connectivity index (χ0n) is 11.4. The van der Waals surface area contributed by atoms with E-state index in [-0.39, 0.29) is 0 Å². The first kappa shape index (κ1) is 13.1. The van der Waals surface area contributed by atoms with E-state index in [2.05, 4.69) is 15.0 Å². The summed E-state index contributed by atoms with van der Waals surface area (Å²) in [6.45, 7) is 0. The van der Waals surface area contributed by atoms with Crippen LogP contribution in [0.25, 0.3) is 11.3 Å². The predicted molar refractivity (Wildman–Crippen MR) is 78.3 cm³/mol. The highest BCUT2D eigenvalue weighted by molar-refractivity contribution is 5.69. The fraction of sp³-hybridized carbons (Fsp3) is 0.0625. The molecule has 0 amide bonds. The Bertz CT molecular complexity index is 732. The van der Waals surface area contributed by atoms with E-state index in [1.54, 1.807) is 25.7 Å². The van der Waals surface area contributed by atoms with Gasteiger partial charge in [-0.2, -0.15) is 0 Å². The van der Waals surface area contributed by atoms with Crippen molar-refractivity contribution in [2.45, 2.75) is 0 Å². The van der Waals surface area contributed by atoms with Crippen LogP contribution in [-0.4, -0.2) is 22.1 Å². The van der Waals surface area contributed by atoms with E-state index in [0.717, 1.165) is 5.56 Å². The minimum Gasteiger partial charge on any atom is -0.481 e. The van der Waals surface area contributed by atoms with Gasteiger partial charge in [0.1, 0.15) is 11.4 Å². The maximum absolute atomic E-state index is 5.81. The van der Waals surface area contributed by atoms with Crippen LogP contribution >= 0.6 is 0 Å². The smallest absolute Gasteiger partial charge is 0.246 e. The van der Waals surface area contributed by atoms with Crippen molar-refractivity contribution in [1.82, 2.24) is 15.0 Å². The van der Waals surface area contributed by atoms with Gasteiger partial charge in [-0.05, 0) is 24.3 Å². The summed E-state index contributed by atoms with van der Waals surface area (Å²) in [6.07, 6.45) is 4.86. The highest BCUT2D eigenvalue weighted by Crippen LogP contribution is 2.33. The number of nitrogens with zero attached hydrogens (tertiary/aromatic N) is 3. The second-order valence-electron chi connectivity index (χ2n) is 4.19. The molecule has 2 heterocycles. The minimum absolute atomic E-state index is 0.412. The van der Waals surface area contributed by atoms with Crippen molar-refractivity contribution < 1.29 is 9.47 Å². The topological polar surface area (TPSA) is 57.1 Å². The van der Waals surface area contributed by atoms with Crippen LogP contribution < -0.4 is 9.47 Å².